The van der Waals surface area contributed by atoms with Gasteiger partial charge in [-0.25, -0.2) is 8.42 Å². The summed E-state index contributed by atoms with van der Waals surface area (Å²) in [5, 5.41) is 2.27. The van der Waals surface area contributed by atoms with E-state index in [9.17, 15) is 8.42 Å². The lowest BCUT2D eigenvalue weighted by molar-refractivity contribution is 0.596. The van der Waals surface area contributed by atoms with Crippen LogP contribution in [0.2, 0.25) is 0 Å². The molecule has 3 aliphatic rings. The number of benzene rings is 10. The number of anilines is 3. The average Bonchev–Trinajstić information content (AvgIpc) is 4.00. The minimum atomic E-state index is -3.84. The lowest BCUT2D eigenvalue weighted by Crippen LogP contribution is -2.30. The van der Waals surface area contributed by atoms with Crippen LogP contribution in [-0.4, -0.2) is 13.0 Å². The van der Waals surface area contributed by atoms with E-state index in [2.05, 4.69) is 205 Å². The molecule has 14 rings (SSSR count). The molecule has 0 bridgehead atoms. The van der Waals surface area contributed by atoms with Gasteiger partial charge < -0.3 is 9.47 Å². The second-order valence-electron chi connectivity index (χ2n) is 19.2. The minimum absolute atomic E-state index is 0.254. The summed E-state index contributed by atoms with van der Waals surface area (Å²) in [5.74, 6) is 0. The van der Waals surface area contributed by atoms with Crippen molar-refractivity contribution in [2.75, 3.05) is 4.90 Å². The highest BCUT2D eigenvalue weighted by Crippen LogP contribution is 2.63. The normalized spacial score (nSPS) is 14.6. The number of rotatable bonds is 5. The number of fused-ring (bicyclic) bond motifs is 15. The van der Waals surface area contributed by atoms with Crippen molar-refractivity contribution < 1.29 is 8.42 Å². The topological polar surface area (TPSA) is 42.3 Å². The molecule has 0 unspecified atom stereocenters. The fourth-order valence-electron chi connectivity index (χ4n) is 12.3. The largest absolute Gasteiger partial charge is 0.310 e. The first kappa shape index (κ1) is 39.9. The first-order valence-electron chi connectivity index (χ1n) is 23.7. The van der Waals surface area contributed by atoms with Gasteiger partial charge in [0, 0.05) is 27.6 Å². The molecule has 2 heterocycles. The summed E-state index contributed by atoms with van der Waals surface area (Å²) in [5.41, 5.74) is 20.4. The summed E-state index contributed by atoms with van der Waals surface area (Å²) in [6.07, 6.45) is 0. The molecule has 0 fully saturated rings. The Morgan fingerprint density at radius 2 is 0.884 bits per heavy atom. The van der Waals surface area contributed by atoms with E-state index in [0.29, 0.717) is 0 Å². The van der Waals surface area contributed by atoms with Crippen molar-refractivity contribution in [2.24, 2.45) is 0 Å². The molecule has 1 aliphatic heterocycles. The SMILES string of the molecule is CC1(C)c2ccccc2N(c2ccccc2)c2cc3c4ccccc4n(-c4ccc(S(=O)(=O)c5ccc(-c6ccc7c(c6)C6(c8ccccc8-c8ccccc86)c6ccccc6-7)cc5)cc4)c3cc21. The molecule has 69 heavy (non-hydrogen) atoms. The lowest BCUT2D eigenvalue weighted by atomic mass is 9.70. The van der Waals surface area contributed by atoms with Gasteiger partial charge in [0.15, 0.2) is 0 Å². The smallest absolute Gasteiger partial charge is 0.206 e. The van der Waals surface area contributed by atoms with Crippen LogP contribution in [0.1, 0.15) is 47.2 Å². The van der Waals surface area contributed by atoms with Crippen LogP contribution in [0.15, 0.2) is 240 Å². The standard InChI is InChI=1S/C64H44N2O2S/c1-63(2)56-25-13-15-27-60(56)66(43-16-4-3-5-17-43)62-39-52-51-21-9-14-26-59(51)65(61(52)40-58(62)63)44-31-35-46(36-32-44)69(67,68)45-33-28-41(29-34-45)42-30-37-50-49-20-8-12-24-55(49)64(57(50)38-42)53-22-10-6-18-47(53)48-19-7-11-23-54(48)64/h3-40H,1-2H3. The zero-order valence-electron chi connectivity index (χ0n) is 38.1. The predicted molar refractivity (Wildman–Crippen MR) is 281 cm³/mol. The average molecular weight is 905 g/mol. The maximum atomic E-state index is 14.5. The van der Waals surface area contributed by atoms with Crippen molar-refractivity contribution in [3.05, 3.63) is 264 Å². The summed E-state index contributed by atoms with van der Waals surface area (Å²) in [7, 11) is -3.84. The van der Waals surface area contributed by atoms with Crippen LogP contribution in [0.25, 0.3) is 60.9 Å². The quantitative estimate of drug-likeness (QED) is 0.173. The lowest BCUT2D eigenvalue weighted by Gasteiger charge is -2.42. The monoisotopic (exact) mass is 904 g/mol. The molecule has 2 aliphatic carbocycles. The fraction of sp³-hybridized carbons (Fsp3) is 0.0625. The number of para-hydroxylation sites is 3. The van der Waals surface area contributed by atoms with Crippen LogP contribution in [0, 0.1) is 0 Å². The van der Waals surface area contributed by atoms with E-state index < -0.39 is 15.3 Å². The molecule has 328 valence electrons. The molecule has 1 aromatic heterocycles. The third kappa shape index (κ3) is 5.42. The second-order valence-corrected chi connectivity index (χ2v) is 21.2. The Morgan fingerprint density at radius 1 is 0.362 bits per heavy atom. The van der Waals surface area contributed by atoms with Crippen molar-refractivity contribution >= 4 is 48.7 Å². The van der Waals surface area contributed by atoms with Gasteiger partial charge in [0.25, 0.3) is 0 Å². The molecule has 5 heteroatoms. The van der Waals surface area contributed by atoms with E-state index in [1.165, 1.54) is 61.3 Å². The van der Waals surface area contributed by atoms with Crippen LogP contribution in [0.4, 0.5) is 17.1 Å². The van der Waals surface area contributed by atoms with E-state index in [0.717, 1.165) is 50.0 Å². The van der Waals surface area contributed by atoms with Crippen molar-refractivity contribution in [3.63, 3.8) is 0 Å². The van der Waals surface area contributed by atoms with Gasteiger partial charge in [-0.3, -0.25) is 0 Å². The van der Waals surface area contributed by atoms with E-state index in [1.54, 1.807) is 24.3 Å². The summed E-state index contributed by atoms with van der Waals surface area (Å²) >= 11 is 0. The van der Waals surface area contributed by atoms with E-state index in [4.69, 9.17) is 0 Å². The summed E-state index contributed by atoms with van der Waals surface area (Å²) < 4.78 is 31.2. The van der Waals surface area contributed by atoms with Crippen LogP contribution >= 0.6 is 0 Å². The minimum Gasteiger partial charge on any atom is -0.310 e. The maximum absolute atomic E-state index is 14.5. The van der Waals surface area contributed by atoms with E-state index >= 15 is 0 Å². The van der Waals surface area contributed by atoms with Crippen LogP contribution in [0.3, 0.4) is 0 Å². The molecule has 11 aromatic rings. The number of hydrogen-bond acceptors (Lipinski definition) is 3. The van der Waals surface area contributed by atoms with Gasteiger partial charge in [0.2, 0.25) is 9.84 Å². The Balaban J connectivity index is 0.832. The van der Waals surface area contributed by atoms with Crippen molar-refractivity contribution in [1.82, 2.24) is 4.57 Å². The van der Waals surface area contributed by atoms with Crippen molar-refractivity contribution in [1.29, 1.82) is 0 Å². The van der Waals surface area contributed by atoms with Crippen LogP contribution in [-0.2, 0) is 20.7 Å². The number of sulfone groups is 1. The Hall–Kier alpha value is -8.25. The van der Waals surface area contributed by atoms with E-state index in [1.807, 2.05) is 24.3 Å². The van der Waals surface area contributed by atoms with Gasteiger partial charge in [-0.15, -0.1) is 0 Å². The van der Waals surface area contributed by atoms with Gasteiger partial charge in [-0.1, -0.05) is 166 Å². The molecule has 0 saturated heterocycles. The molecule has 0 radical (unpaired) electrons. The highest BCUT2D eigenvalue weighted by Gasteiger charge is 2.51. The Labute approximate surface area is 401 Å². The van der Waals surface area contributed by atoms with Crippen LogP contribution < -0.4 is 4.90 Å². The number of aromatic nitrogens is 1. The highest BCUT2D eigenvalue weighted by molar-refractivity contribution is 7.91. The van der Waals surface area contributed by atoms with Gasteiger partial charge in [0.05, 0.1) is 37.6 Å². The summed E-state index contributed by atoms with van der Waals surface area (Å²) in [6.45, 7) is 4.62. The first-order chi connectivity index (χ1) is 33.7. The number of nitrogens with zero attached hydrogens (tertiary/aromatic N) is 2. The fourth-order valence-corrected chi connectivity index (χ4v) is 13.6. The summed E-state index contributed by atoms with van der Waals surface area (Å²) in [6, 6.07) is 80.5. The van der Waals surface area contributed by atoms with Crippen LogP contribution in [0.5, 0.6) is 0 Å². The van der Waals surface area contributed by atoms with Gasteiger partial charge >= 0.3 is 0 Å². The Morgan fingerprint density at radius 3 is 1.54 bits per heavy atom. The first-order valence-corrected chi connectivity index (χ1v) is 25.1. The Kier molecular flexibility index (Phi) is 8.31. The molecular weight excluding hydrogens is 861 g/mol. The molecule has 10 aromatic carbocycles. The molecule has 0 amide bonds. The highest BCUT2D eigenvalue weighted by atomic mass is 32.2. The third-order valence-corrected chi connectivity index (χ3v) is 17.2. The Bertz CT molecular complexity index is 3990. The van der Waals surface area contributed by atoms with Gasteiger partial charge in [0.1, 0.15) is 0 Å². The third-order valence-electron chi connectivity index (χ3n) is 15.4. The zero-order chi connectivity index (χ0) is 46.2. The van der Waals surface area contributed by atoms with Gasteiger partial charge in [-0.2, -0.15) is 0 Å². The predicted octanol–water partition coefficient (Wildman–Crippen LogP) is 15.7. The molecule has 0 atom stereocenters. The molecule has 1 spiro atoms. The molecule has 0 saturated carbocycles. The van der Waals surface area contributed by atoms with Gasteiger partial charge in [-0.05, 0) is 146 Å². The van der Waals surface area contributed by atoms with E-state index in [-0.39, 0.29) is 15.2 Å². The molecule has 0 N–H and O–H groups in total. The zero-order valence-corrected chi connectivity index (χ0v) is 38.9. The molecular formula is C64H44N2O2S. The second kappa shape index (κ2) is 14.4. The maximum Gasteiger partial charge on any atom is 0.206 e. The van der Waals surface area contributed by atoms with Crippen molar-refractivity contribution in [2.45, 2.75) is 34.5 Å². The molecule has 4 nitrogen and oxygen atoms in total. The summed E-state index contributed by atoms with van der Waals surface area (Å²) in [4.78, 5) is 2.91. The number of hydrogen-bond donors (Lipinski definition) is 0. The van der Waals surface area contributed by atoms with Crippen molar-refractivity contribution in [3.8, 4) is 39.1 Å².